The second kappa shape index (κ2) is 6.86. The lowest BCUT2D eigenvalue weighted by Crippen LogP contribution is -2.54. The van der Waals surface area contributed by atoms with E-state index in [4.69, 9.17) is 11.6 Å². The maximum Gasteiger partial charge on any atom is 0.271 e. The van der Waals surface area contributed by atoms with Crippen LogP contribution in [-0.4, -0.2) is 40.1 Å². The molecule has 2 aromatic carbocycles. The molecular weight excluding hydrogens is 460 g/mol. The fourth-order valence-electron chi connectivity index (χ4n) is 6.69. The molecule has 3 amide bonds. The van der Waals surface area contributed by atoms with Crippen molar-refractivity contribution in [2.45, 2.75) is 38.3 Å². The van der Waals surface area contributed by atoms with Gasteiger partial charge in [0.25, 0.3) is 5.69 Å². The molecule has 10 heteroatoms. The van der Waals surface area contributed by atoms with Crippen molar-refractivity contribution in [3.8, 4) is 0 Å². The zero-order valence-corrected chi connectivity index (χ0v) is 19.3. The lowest BCUT2D eigenvalue weighted by Gasteiger charge is -2.37. The minimum Gasteiger partial charge on any atom is -0.324 e. The molecule has 0 saturated carbocycles. The van der Waals surface area contributed by atoms with Crippen LogP contribution in [0.3, 0.4) is 0 Å². The molecule has 0 radical (unpaired) electrons. The van der Waals surface area contributed by atoms with Crippen LogP contribution in [0.1, 0.15) is 29.5 Å². The van der Waals surface area contributed by atoms with Gasteiger partial charge in [0.05, 0.1) is 27.5 Å². The number of imide groups is 1. The van der Waals surface area contributed by atoms with Crippen molar-refractivity contribution < 1.29 is 19.3 Å². The van der Waals surface area contributed by atoms with E-state index in [0.717, 1.165) is 34.1 Å². The van der Waals surface area contributed by atoms with E-state index < -0.39 is 34.1 Å². The first kappa shape index (κ1) is 21.2. The average Bonchev–Trinajstić information content (AvgIpc) is 3.48. The number of benzene rings is 2. The molecule has 6 rings (SSSR count). The Morgan fingerprint density at radius 2 is 1.91 bits per heavy atom. The summed E-state index contributed by atoms with van der Waals surface area (Å²) in [4.78, 5) is 55.1. The van der Waals surface area contributed by atoms with E-state index in [0.29, 0.717) is 18.7 Å². The lowest BCUT2D eigenvalue weighted by atomic mass is 9.75. The summed E-state index contributed by atoms with van der Waals surface area (Å²) in [7, 11) is 0. The SMILES string of the molecule is Cc1cc(C)c2c(c1)[C@@]1(C(=O)N2)[C@@H]2C(=O)N(c3ccc([N+](=O)[O-])cc3Cl)C(=O)[C@@H]2[C@H]2CCCN21. The predicted octanol–water partition coefficient (Wildman–Crippen LogP) is 3.30. The molecule has 3 fully saturated rings. The van der Waals surface area contributed by atoms with E-state index in [1.54, 1.807) is 0 Å². The third-order valence-electron chi connectivity index (χ3n) is 7.83. The summed E-state index contributed by atoms with van der Waals surface area (Å²) in [5, 5.41) is 14.1. The van der Waals surface area contributed by atoms with E-state index in [1.807, 2.05) is 26.0 Å². The van der Waals surface area contributed by atoms with Gasteiger partial charge in [0.1, 0.15) is 5.54 Å². The highest BCUT2D eigenvalue weighted by molar-refractivity contribution is 6.36. The summed E-state index contributed by atoms with van der Waals surface area (Å²) in [6.07, 6.45) is 1.53. The molecule has 3 saturated heterocycles. The highest BCUT2D eigenvalue weighted by atomic mass is 35.5. The quantitative estimate of drug-likeness (QED) is 0.401. The van der Waals surface area contributed by atoms with E-state index in [1.165, 1.54) is 12.1 Å². The van der Waals surface area contributed by atoms with Crippen LogP contribution < -0.4 is 10.2 Å². The Hall–Kier alpha value is -3.30. The summed E-state index contributed by atoms with van der Waals surface area (Å²) in [6.45, 7) is 4.49. The third kappa shape index (κ3) is 2.40. The van der Waals surface area contributed by atoms with Gasteiger partial charge in [-0.15, -0.1) is 0 Å². The van der Waals surface area contributed by atoms with Gasteiger partial charge in [-0.05, 0) is 44.9 Å². The summed E-state index contributed by atoms with van der Waals surface area (Å²) < 4.78 is 0. The zero-order chi connectivity index (χ0) is 24.1. The predicted molar refractivity (Wildman–Crippen MR) is 124 cm³/mol. The molecule has 34 heavy (non-hydrogen) atoms. The molecule has 1 spiro atoms. The fourth-order valence-corrected chi connectivity index (χ4v) is 6.95. The summed E-state index contributed by atoms with van der Waals surface area (Å²) in [5.41, 5.74) is 1.93. The second-order valence-electron chi connectivity index (χ2n) is 9.54. The van der Waals surface area contributed by atoms with Gasteiger partial charge < -0.3 is 5.32 Å². The third-order valence-corrected chi connectivity index (χ3v) is 8.13. The Morgan fingerprint density at radius 1 is 1.15 bits per heavy atom. The molecule has 174 valence electrons. The topological polar surface area (TPSA) is 113 Å². The molecule has 2 aromatic rings. The molecule has 4 atom stereocenters. The zero-order valence-electron chi connectivity index (χ0n) is 18.5. The van der Waals surface area contributed by atoms with Gasteiger partial charge in [0.15, 0.2) is 0 Å². The van der Waals surface area contributed by atoms with E-state index in [2.05, 4.69) is 10.2 Å². The first-order valence-corrected chi connectivity index (χ1v) is 11.6. The molecule has 9 nitrogen and oxygen atoms in total. The second-order valence-corrected chi connectivity index (χ2v) is 9.94. The van der Waals surface area contributed by atoms with Gasteiger partial charge in [-0.2, -0.15) is 0 Å². The normalized spacial score (nSPS) is 29.6. The Bertz CT molecular complexity index is 1340. The molecule has 4 heterocycles. The monoisotopic (exact) mass is 480 g/mol. The minimum atomic E-state index is -1.27. The summed E-state index contributed by atoms with van der Waals surface area (Å²) in [5.74, 6) is -2.79. The number of fused-ring (bicyclic) bond motifs is 7. The standard InChI is InChI=1S/C24H21ClN4O5/c1-11-8-12(2)20-14(9-11)24(23(32)26-20)19-18(17-4-3-7-27(17)24)21(30)28(22(19)31)16-6-5-13(29(33)34)10-15(16)25/h5-6,8-10,17-19H,3-4,7H2,1-2H3,(H,26,32)/t17-,18-,19+,24+/m1/s1. The van der Waals surface area contributed by atoms with Crippen molar-refractivity contribution in [2.24, 2.45) is 11.8 Å². The van der Waals surface area contributed by atoms with Crippen molar-refractivity contribution in [3.05, 3.63) is 62.2 Å². The first-order chi connectivity index (χ1) is 16.2. The van der Waals surface area contributed by atoms with Gasteiger partial charge in [0.2, 0.25) is 17.7 Å². The number of carbonyl (C=O) groups excluding carboxylic acids is 3. The number of anilines is 2. The van der Waals surface area contributed by atoms with Crippen LogP contribution in [0, 0.1) is 35.8 Å². The van der Waals surface area contributed by atoms with Crippen LogP contribution in [0.2, 0.25) is 5.02 Å². The Morgan fingerprint density at radius 3 is 2.62 bits per heavy atom. The lowest BCUT2D eigenvalue weighted by molar-refractivity contribution is -0.384. The molecule has 4 aliphatic rings. The number of rotatable bonds is 2. The van der Waals surface area contributed by atoms with Gasteiger partial charge >= 0.3 is 0 Å². The maximum absolute atomic E-state index is 14.0. The molecule has 1 N–H and O–H groups in total. The minimum absolute atomic E-state index is 0.0591. The maximum atomic E-state index is 14.0. The van der Waals surface area contributed by atoms with Crippen LogP contribution in [-0.2, 0) is 19.9 Å². The Kier molecular flexibility index (Phi) is 4.29. The molecule has 0 aliphatic carbocycles. The Labute approximate surface area is 199 Å². The number of halogens is 1. The van der Waals surface area contributed by atoms with Crippen LogP contribution in [0.4, 0.5) is 17.1 Å². The van der Waals surface area contributed by atoms with Crippen LogP contribution in [0.5, 0.6) is 0 Å². The number of carbonyl (C=O) groups is 3. The summed E-state index contributed by atoms with van der Waals surface area (Å²) in [6, 6.07) is 7.35. The van der Waals surface area contributed by atoms with Crippen molar-refractivity contribution in [1.82, 2.24) is 4.90 Å². The fraction of sp³-hybridized carbons (Fsp3) is 0.375. The van der Waals surface area contributed by atoms with Crippen molar-refractivity contribution in [1.29, 1.82) is 0 Å². The summed E-state index contributed by atoms with van der Waals surface area (Å²) >= 11 is 6.31. The van der Waals surface area contributed by atoms with Crippen molar-refractivity contribution in [2.75, 3.05) is 16.8 Å². The number of aryl methyl sites for hydroxylation is 2. The highest BCUT2D eigenvalue weighted by Gasteiger charge is 2.74. The number of non-ortho nitro benzene ring substituents is 1. The number of hydrogen-bond donors (Lipinski definition) is 1. The molecule has 0 unspecified atom stereocenters. The molecule has 4 aliphatic heterocycles. The van der Waals surface area contributed by atoms with Gasteiger partial charge in [0, 0.05) is 29.4 Å². The first-order valence-electron chi connectivity index (χ1n) is 11.2. The van der Waals surface area contributed by atoms with E-state index in [9.17, 15) is 24.5 Å². The van der Waals surface area contributed by atoms with Gasteiger partial charge in [-0.25, -0.2) is 4.90 Å². The largest absolute Gasteiger partial charge is 0.324 e. The highest BCUT2D eigenvalue weighted by Crippen LogP contribution is 2.61. The van der Waals surface area contributed by atoms with Crippen LogP contribution >= 0.6 is 11.6 Å². The number of amides is 3. The smallest absolute Gasteiger partial charge is 0.271 e. The van der Waals surface area contributed by atoms with E-state index >= 15 is 0 Å². The van der Waals surface area contributed by atoms with Crippen molar-refractivity contribution in [3.63, 3.8) is 0 Å². The number of nitrogens with zero attached hydrogens (tertiary/aromatic N) is 3. The number of nitrogens with one attached hydrogen (secondary N) is 1. The van der Waals surface area contributed by atoms with E-state index in [-0.39, 0.29) is 28.3 Å². The van der Waals surface area contributed by atoms with Crippen molar-refractivity contribution >= 4 is 46.4 Å². The number of nitro groups is 1. The number of hydrogen-bond acceptors (Lipinski definition) is 6. The molecule has 0 aromatic heterocycles. The number of nitro benzene ring substituents is 1. The molecular formula is C24H21ClN4O5. The Balaban J connectivity index is 1.54. The van der Waals surface area contributed by atoms with Gasteiger partial charge in [-0.1, -0.05) is 29.3 Å². The average molecular weight is 481 g/mol. The molecule has 0 bridgehead atoms. The van der Waals surface area contributed by atoms with Crippen LogP contribution in [0.25, 0.3) is 0 Å². The van der Waals surface area contributed by atoms with Crippen LogP contribution in [0.15, 0.2) is 30.3 Å². The van der Waals surface area contributed by atoms with Gasteiger partial charge in [-0.3, -0.25) is 29.4 Å².